The molecule has 0 unspecified atom stereocenters. The van der Waals surface area contributed by atoms with E-state index in [2.05, 4.69) is 29.3 Å². The van der Waals surface area contributed by atoms with Crippen LogP contribution in [0.2, 0.25) is 0 Å². The van der Waals surface area contributed by atoms with Gasteiger partial charge in [-0.15, -0.1) is 0 Å². The maximum Gasteiger partial charge on any atom is 0.271 e. The summed E-state index contributed by atoms with van der Waals surface area (Å²) in [5.41, 5.74) is 7.66. The van der Waals surface area contributed by atoms with Crippen molar-refractivity contribution in [1.29, 1.82) is 0 Å². The van der Waals surface area contributed by atoms with Crippen molar-refractivity contribution < 1.29 is 19.1 Å². The van der Waals surface area contributed by atoms with Crippen LogP contribution in [0, 0.1) is 13.8 Å². The van der Waals surface area contributed by atoms with Gasteiger partial charge in [-0.25, -0.2) is 0 Å². The minimum atomic E-state index is -0.444. The molecule has 2 rings (SSSR count). The number of aryl methyl sites for hydroxylation is 1. The first-order valence-electron chi connectivity index (χ1n) is 9.29. The lowest BCUT2D eigenvalue weighted by Crippen LogP contribution is -2.41. The van der Waals surface area contributed by atoms with Crippen molar-refractivity contribution in [3.8, 4) is 11.5 Å². The van der Waals surface area contributed by atoms with Crippen molar-refractivity contribution in [3.63, 3.8) is 0 Å². The van der Waals surface area contributed by atoms with Crippen LogP contribution in [0.5, 0.6) is 11.5 Å². The molecular weight excluding hydrogens is 358 g/mol. The second-order valence-electron chi connectivity index (χ2n) is 7.19. The highest BCUT2D eigenvalue weighted by molar-refractivity contribution is 6.00. The monoisotopic (exact) mass is 387 g/mol. The Labute approximate surface area is 166 Å². The van der Waals surface area contributed by atoms with Crippen LogP contribution >= 0.6 is 0 Å². The fourth-order valence-electron chi connectivity index (χ4n) is 3.21. The van der Waals surface area contributed by atoms with Crippen molar-refractivity contribution in [2.45, 2.75) is 53.7 Å². The highest BCUT2D eigenvalue weighted by atomic mass is 16.5. The molecule has 0 aliphatic heterocycles. The molecule has 1 aromatic heterocycles. The van der Waals surface area contributed by atoms with Crippen LogP contribution in [0.4, 0.5) is 0 Å². The van der Waals surface area contributed by atoms with E-state index in [4.69, 9.17) is 9.47 Å². The predicted octanol–water partition coefficient (Wildman–Crippen LogP) is 3.56. The van der Waals surface area contributed by atoms with Gasteiger partial charge in [0.2, 0.25) is 0 Å². The fraction of sp³-hybridized carbons (Fsp3) is 0.429. The first-order valence-corrected chi connectivity index (χ1v) is 9.29. The van der Waals surface area contributed by atoms with E-state index in [1.165, 1.54) is 7.11 Å². The number of hydrogen-bond donors (Lipinski definition) is 2. The van der Waals surface area contributed by atoms with Crippen LogP contribution in [0.1, 0.15) is 65.8 Å². The minimum absolute atomic E-state index is 0.0160. The SMILES string of the molecule is COc1cc(C(=O)NNC(=O)c2cc(C)n(C(C)C)c2C)ccc1OC(C)C. The van der Waals surface area contributed by atoms with Gasteiger partial charge in [-0.2, -0.15) is 0 Å². The molecule has 28 heavy (non-hydrogen) atoms. The summed E-state index contributed by atoms with van der Waals surface area (Å²) in [4.78, 5) is 24.9. The Morgan fingerprint density at radius 3 is 2.14 bits per heavy atom. The second-order valence-corrected chi connectivity index (χ2v) is 7.19. The van der Waals surface area contributed by atoms with Crippen molar-refractivity contribution >= 4 is 11.8 Å². The highest BCUT2D eigenvalue weighted by Gasteiger charge is 2.18. The van der Waals surface area contributed by atoms with Crippen LogP contribution in [-0.2, 0) is 0 Å². The zero-order chi connectivity index (χ0) is 21.0. The Hall–Kier alpha value is -2.96. The van der Waals surface area contributed by atoms with Gasteiger partial charge in [0.25, 0.3) is 11.8 Å². The van der Waals surface area contributed by atoms with E-state index >= 15 is 0 Å². The summed E-state index contributed by atoms with van der Waals surface area (Å²) < 4.78 is 13.0. The Balaban J connectivity index is 2.10. The molecule has 152 valence electrons. The lowest BCUT2D eigenvalue weighted by Gasteiger charge is -2.15. The van der Waals surface area contributed by atoms with Crippen molar-refractivity contribution in [3.05, 3.63) is 46.8 Å². The summed E-state index contributed by atoms with van der Waals surface area (Å²) in [6, 6.07) is 6.93. The number of hydrazine groups is 1. The zero-order valence-electron chi connectivity index (χ0n) is 17.5. The van der Waals surface area contributed by atoms with Gasteiger partial charge in [0.15, 0.2) is 11.5 Å². The van der Waals surface area contributed by atoms with Gasteiger partial charge in [0.05, 0.1) is 18.8 Å². The van der Waals surface area contributed by atoms with Crippen molar-refractivity contribution in [2.75, 3.05) is 7.11 Å². The fourth-order valence-corrected chi connectivity index (χ4v) is 3.21. The predicted molar refractivity (Wildman–Crippen MR) is 108 cm³/mol. The molecule has 2 N–H and O–H groups in total. The number of methoxy groups -OCH3 is 1. The average Bonchev–Trinajstić information content (AvgIpc) is 2.93. The Morgan fingerprint density at radius 2 is 1.61 bits per heavy atom. The maximum absolute atomic E-state index is 12.5. The number of ether oxygens (including phenoxy) is 2. The van der Waals surface area contributed by atoms with Crippen LogP contribution in [0.15, 0.2) is 24.3 Å². The third-order valence-corrected chi connectivity index (χ3v) is 4.32. The third-order valence-electron chi connectivity index (χ3n) is 4.32. The molecule has 0 aliphatic carbocycles. The average molecular weight is 387 g/mol. The van der Waals surface area contributed by atoms with Gasteiger partial charge in [0, 0.05) is 23.0 Å². The number of benzene rings is 1. The summed E-state index contributed by atoms with van der Waals surface area (Å²) >= 11 is 0. The van der Waals surface area contributed by atoms with Gasteiger partial charge in [-0.1, -0.05) is 0 Å². The Bertz CT molecular complexity index is 869. The molecule has 0 atom stereocenters. The summed E-state index contributed by atoms with van der Waals surface area (Å²) in [6.07, 6.45) is -0.0160. The molecular formula is C21H29N3O4. The van der Waals surface area contributed by atoms with Crippen LogP contribution in [0.3, 0.4) is 0 Å². The minimum Gasteiger partial charge on any atom is -0.493 e. The van der Waals surface area contributed by atoms with E-state index in [-0.39, 0.29) is 18.1 Å². The topological polar surface area (TPSA) is 81.6 Å². The number of nitrogens with zero attached hydrogens (tertiary/aromatic N) is 1. The molecule has 7 nitrogen and oxygen atoms in total. The highest BCUT2D eigenvalue weighted by Crippen LogP contribution is 2.29. The van der Waals surface area contributed by atoms with E-state index in [0.717, 1.165) is 11.4 Å². The van der Waals surface area contributed by atoms with E-state index in [9.17, 15) is 9.59 Å². The van der Waals surface area contributed by atoms with E-state index in [1.807, 2.05) is 33.8 Å². The lowest BCUT2D eigenvalue weighted by atomic mass is 10.2. The first kappa shape index (κ1) is 21.3. The van der Waals surface area contributed by atoms with Gasteiger partial charge < -0.3 is 14.0 Å². The van der Waals surface area contributed by atoms with Crippen LogP contribution in [0.25, 0.3) is 0 Å². The molecule has 0 radical (unpaired) electrons. The molecule has 0 fully saturated rings. The molecule has 0 saturated heterocycles. The number of aromatic nitrogens is 1. The molecule has 0 aliphatic rings. The number of hydrogen-bond acceptors (Lipinski definition) is 4. The number of rotatable bonds is 6. The van der Waals surface area contributed by atoms with E-state index in [0.29, 0.717) is 22.6 Å². The van der Waals surface area contributed by atoms with Crippen molar-refractivity contribution in [1.82, 2.24) is 15.4 Å². The number of nitrogens with one attached hydrogen (secondary N) is 2. The summed E-state index contributed by atoms with van der Waals surface area (Å²) in [6.45, 7) is 11.8. The molecule has 0 spiro atoms. The number of carbonyl (C=O) groups is 2. The molecule has 0 saturated carbocycles. The molecule has 1 aromatic carbocycles. The standard InChI is InChI=1S/C21H29N3O4/c1-12(2)24-14(5)10-17(15(24)6)21(26)23-22-20(25)16-8-9-18(28-13(3)4)19(11-16)27-7/h8-13H,1-7H3,(H,22,25)(H,23,26). The normalized spacial score (nSPS) is 10.9. The first-order chi connectivity index (χ1) is 13.1. The molecule has 2 aromatic rings. The quantitative estimate of drug-likeness (QED) is 0.743. The maximum atomic E-state index is 12.5. The molecule has 2 amide bonds. The smallest absolute Gasteiger partial charge is 0.271 e. The second kappa shape index (κ2) is 8.82. The Morgan fingerprint density at radius 1 is 0.964 bits per heavy atom. The molecule has 1 heterocycles. The van der Waals surface area contributed by atoms with Crippen LogP contribution < -0.4 is 20.3 Å². The van der Waals surface area contributed by atoms with E-state index < -0.39 is 5.91 Å². The summed E-state index contributed by atoms with van der Waals surface area (Å²) in [5.74, 6) is 0.202. The van der Waals surface area contributed by atoms with Gasteiger partial charge in [-0.3, -0.25) is 20.4 Å². The summed E-state index contributed by atoms with van der Waals surface area (Å²) in [7, 11) is 1.51. The number of amides is 2. The zero-order valence-corrected chi connectivity index (χ0v) is 17.5. The van der Waals surface area contributed by atoms with E-state index in [1.54, 1.807) is 18.2 Å². The summed E-state index contributed by atoms with van der Waals surface area (Å²) in [5, 5.41) is 0. The largest absolute Gasteiger partial charge is 0.493 e. The lowest BCUT2D eigenvalue weighted by molar-refractivity contribution is 0.0846. The van der Waals surface area contributed by atoms with Crippen LogP contribution in [-0.4, -0.2) is 29.6 Å². The molecule has 0 bridgehead atoms. The third kappa shape index (κ3) is 4.65. The van der Waals surface area contributed by atoms with Gasteiger partial charge >= 0.3 is 0 Å². The van der Waals surface area contributed by atoms with Crippen molar-refractivity contribution in [2.24, 2.45) is 0 Å². The van der Waals surface area contributed by atoms with Gasteiger partial charge in [-0.05, 0) is 65.8 Å². The molecule has 7 heteroatoms. The Kier molecular flexibility index (Phi) is 6.72. The number of carbonyl (C=O) groups excluding carboxylic acids is 2. The van der Waals surface area contributed by atoms with Gasteiger partial charge in [0.1, 0.15) is 0 Å².